The molecular weight excluding hydrogens is 470 g/mol. The van der Waals surface area contributed by atoms with Crippen molar-refractivity contribution in [1.29, 1.82) is 0 Å². The number of carbonyl (C=O) groups excluding carboxylic acids is 1. The number of morpholine rings is 1. The van der Waals surface area contributed by atoms with Crippen LogP contribution in [-0.2, 0) is 11.2 Å². The maximum atomic E-state index is 13.7. The van der Waals surface area contributed by atoms with E-state index in [1.54, 1.807) is 36.4 Å². The van der Waals surface area contributed by atoms with Gasteiger partial charge in [0.2, 0.25) is 5.78 Å². The standard InChI is InChI=1S/C30H29NO6/c32-23-7-3-20(4-8-23)28-25-18-22-2-1-14-36-26(22)19-27(25)37-30(28)29(33)21-5-9-24(10-6-21)35-17-13-31-11-15-34-16-12-31/h3-10,18-19,32H,1-2,11-17H2. The molecule has 0 amide bonds. The first kappa shape index (κ1) is 23.6. The molecule has 6 rings (SSSR count). The number of phenols is 1. The summed E-state index contributed by atoms with van der Waals surface area (Å²) in [6.45, 7) is 5.47. The number of furan rings is 1. The summed E-state index contributed by atoms with van der Waals surface area (Å²) in [6, 6.07) is 18.0. The van der Waals surface area contributed by atoms with Gasteiger partial charge in [-0.2, -0.15) is 0 Å². The summed E-state index contributed by atoms with van der Waals surface area (Å²) >= 11 is 0. The average molecular weight is 500 g/mol. The molecule has 1 N–H and O–H groups in total. The Morgan fingerprint density at radius 1 is 0.973 bits per heavy atom. The van der Waals surface area contributed by atoms with Gasteiger partial charge in [0.1, 0.15) is 29.4 Å². The number of hydrogen-bond donors (Lipinski definition) is 1. The van der Waals surface area contributed by atoms with E-state index in [4.69, 9.17) is 18.6 Å². The number of ketones is 1. The lowest BCUT2D eigenvalue weighted by atomic mass is 9.95. The molecule has 0 radical (unpaired) electrons. The Hall–Kier alpha value is -3.81. The normalized spacial score (nSPS) is 15.8. The number of fused-ring (bicyclic) bond motifs is 2. The maximum Gasteiger partial charge on any atom is 0.228 e. The van der Waals surface area contributed by atoms with E-state index in [-0.39, 0.29) is 17.3 Å². The predicted molar refractivity (Wildman–Crippen MR) is 140 cm³/mol. The van der Waals surface area contributed by atoms with E-state index in [1.165, 1.54) is 0 Å². The zero-order chi connectivity index (χ0) is 25.2. The lowest BCUT2D eigenvalue weighted by Gasteiger charge is -2.26. The first-order valence-electron chi connectivity index (χ1n) is 12.7. The number of ether oxygens (including phenoxy) is 3. The Bertz CT molecular complexity index is 1400. The van der Waals surface area contributed by atoms with Crippen molar-refractivity contribution < 1.29 is 28.5 Å². The van der Waals surface area contributed by atoms with Gasteiger partial charge in [0, 0.05) is 42.2 Å². The highest BCUT2D eigenvalue weighted by molar-refractivity contribution is 6.16. The Labute approximate surface area is 215 Å². The number of aromatic hydroxyl groups is 1. The number of rotatable bonds is 7. The molecule has 4 aromatic rings. The number of carbonyl (C=O) groups is 1. The quantitative estimate of drug-likeness (QED) is 0.356. The van der Waals surface area contributed by atoms with Crippen molar-refractivity contribution in [3.05, 3.63) is 77.6 Å². The molecule has 0 aliphatic carbocycles. The third-order valence-electron chi connectivity index (χ3n) is 6.98. The zero-order valence-electron chi connectivity index (χ0n) is 20.6. The van der Waals surface area contributed by atoms with Crippen LogP contribution in [0, 0.1) is 0 Å². The second kappa shape index (κ2) is 10.3. The number of benzene rings is 3. The van der Waals surface area contributed by atoms with E-state index < -0.39 is 0 Å². The molecule has 37 heavy (non-hydrogen) atoms. The van der Waals surface area contributed by atoms with Gasteiger partial charge in [0.05, 0.1) is 19.8 Å². The fraction of sp³-hybridized carbons (Fsp3) is 0.300. The summed E-state index contributed by atoms with van der Waals surface area (Å²) in [5, 5.41) is 10.7. The Morgan fingerprint density at radius 2 is 1.76 bits per heavy atom. The second-order valence-electron chi connectivity index (χ2n) is 9.42. The van der Waals surface area contributed by atoms with Gasteiger partial charge in [-0.3, -0.25) is 9.69 Å². The molecule has 1 aromatic heterocycles. The molecule has 0 unspecified atom stereocenters. The van der Waals surface area contributed by atoms with Crippen molar-refractivity contribution in [2.24, 2.45) is 0 Å². The van der Waals surface area contributed by atoms with E-state index >= 15 is 0 Å². The number of aryl methyl sites for hydroxylation is 1. The maximum absolute atomic E-state index is 13.7. The van der Waals surface area contributed by atoms with Crippen LogP contribution < -0.4 is 9.47 Å². The van der Waals surface area contributed by atoms with E-state index in [9.17, 15) is 9.90 Å². The molecule has 1 saturated heterocycles. The van der Waals surface area contributed by atoms with Gasteiger partial charge in [0.25, 0.3) is 0 Å². The van der Waals surface area contributed by atoms with E-state index in [2.05, 4.69) is 11.0 Å². The van der Waals surface area contributed by atoms with Crippen LogP contribution in [0.15, 0.2) is 65.1 Å². The molecule has 0 spiro atoms. The smallest absolute Gasteiger partial charge is 0.228 e. The van der Waals surface area contributed by atoms with E-state index in [1.807, 2.05) is 18.2 Å². The van der Waals surface area contributed by atoms with Crippen LogP contribution >= 0.6 is 0 Å². The third-order valence-corrected chi connectivity index (χ3v) is 6.98. The number of phenolic OH excluding ortho intramolecular Hbond substituents is 1. The minimum Gasteiger partial charge on any atom is -0.508 e. The summed E-state index contributed by atoms with van der Waals surface area (Å²) in [5.74, 6) is 1.75. The highest BCUT2D eigenvalue weighted by Crippen LogP contribution is 2.40. The van der Waals surface area contributed by atoms with Crippen LogP contribution in [0.4, 0.5) is 0 Å². The van der Waals surface area contributed by atoms with Crippen LogP contribution in [0.2, 0.25) is 0 Å². The first-order valence-corrected chi connectivity index (χ1v) is 12.7. The van der Waals surface area contributed by atoms with Gasteiger partial charge >= 0.3 is 0 Å². The summed E-state index contributed by atoms with van der Waals surface area (Å²) < 4.78 is 23.3. The number of nitrogens with zero attached hydrogens (tertiary/aromatic N) is 1. The molecule has 3 aromatic carbocycles. The van der Waals surface area contributed by atoms with Gasteiger partial charge in [-0.15, -0.1) is 0 Å². The van der Waals surface area contributed by atoms with Crippen molar-refractivity contribution in [3.63, 3.8) is 0 Å². The van der Waals surface area contributed by atoms with Crippen LogP contribution in [-0.4, -0.2) is 61.9 Å². The third kappa shape index (κ3) is 4.92. The fourth-order valence-electron chi connectivity index (χ4n) is 4.97. The molecule has 0 saturated carbocycles. The molecular formula is C30H29NO6. The molecule has 7 heteroatoms. The van der Waals surface area contributed by atoms with Crippen molar-refractivity contribution in [2.45, 2.75) is 12.8 Å². The molecule has 0 atom stereocenters. The van der Waals surface area contributed by atoms with Crippen molar-refractivity contribution in [2.75, 3.05) is 46.1 Å². The second-order valence-corrected chi connectivity index (χ2v) is 9.42. The van der Waals surface area contributed by atoms with E-state index in [0.29, 0.717) is 24.4 Å². The summed E-state index contributed by atoms with van der Waals surface area (Å²) in [4.78, 5) is 16.0. The molecule has 2 aliphatic rings. The highest BCUT2D eigenvalue weighted by atomic mass is 16.5. The van der Waals surface area contributed by atoms with Crippen LogP contribution in [0.1, 0.15) is 28.1 Å². The lowest BCUT2D eigenvalue weighted by molar-refractivity contribution is 0.0322. The van der Waals surface area contributed by atoms with Gasteiger partial charge in [-0.05, 0) is 66.4 Å². The van der Waals surface area contributed by atoms with Gasteiger partial charge in [-0.1, -0.05) is 12.1 Å². The highest BCUT2D eigenvalue weighted by Gasteiger charge is 2.25. The summed E-state index contributed by atoms with van der Waals surface area (Å²) in [6.07, 6.45) is 1.87. The van der Waals surface area contributed by atoms with Gasteiger partial charge in [0.15, 0.2) is 5.76 Å². The molecule has 1 fully saturated rings. The van der Waals surface area contributed by atoms with Crippen LogP contribution in [0.25, 0.3) is 22.1 Å². The zero-order valence-corrected chi connectivity index (χ0v) is 20.6. The molecule has 7 nitrogen and oxygen atoms in total. The van der Waals surface area contributed by atoms with E-state index in [0.717, 1.165) is 79.3 Å². The Morgan fingerprint density at radius 3 is 2.54 bits per heavy atom. The van der Waals surface area contributed by atoms with Gasteiger partial charge in [-0.25, -0.2) is 0 Å². The van der Waals surface area contributed by atoms with Crippen LogP contribution in [0.3, 0.4) is 0 Å². The number of hydrogen-bond acceptors (Lipinski definition) is 7. The van der Waals surface area contributed by atoms with Crippen molar-refractivity contribution in [1.82, 2.24) is 4.90 Å². The molecule has 190 valence electrons. The predicted octanol–water partition coefficient (Wildman–Crippen LogP) is 5.07. The Balaban J connectivity index is 1.28. The molecule has 0 bridgehead atoms. The Kier molecular flexibility index (Phi) is 6.55. The monoisotopic (exact) mass is 499 g/mol. The summed E-state index contributed by atoms with van der Waals surface area (Å²) in [7, 11) is 0. The van der Waals surface area contributed by atoms with Crippen molar-refractivity contribution >= 4 is 16.8 Å². The first-order chi connectivity index (χ1) is 18.2. The molecule has 3 heterocycles. The lowest BCUT2D eigenvalue weighted by Crippen LogP contribution is -2.38. The SMILES string of the molecule is O=C(c1ccc(OCCN2CCOCC2)cc1)c1oc2cc3c(cc2c1-c1ccc(O)cc1)CCCO3. The summed E-state index contributed by atoms with van der Waals surface area (Å²) in [5.41, 5.74) is 3.76. The van der Waals surface area contributed by atoms with Gasteiger partial charge < -0.3 is 23.7 Å². The average Bonchev–Trinajstić information content (AvgIpc) is 3.31. The van der Waals surface area contributed by atoms with Crippen LogP contribution in [0.5, 0.6) is 17.2 Å². The fourth-order valence-corrected chi connectivity index (χ4v) is 4.97. The topological polar surface area (TPSA) is 81.4 Å². The minimum absolute atomic E-state index is 0.166. The molecule has 2 aliphatic heterocycles. The minimum atomic E-state index is -0.210. The van der Waals surface area contributed by atoms with Crippen molar-refractivity contribution in [3.8, 4) is 28.4 Å². The largest absolute Gasteiger partial charge is 0.508 e.